The largest absolute Gasteiger partial charge is 0.380 e. The van der Waals surface area contributed by atoms with E-state index < -0.39 is 0 Å². The van der Waals surface area contributed by atoms with Gasteiger partial charge in [0.05, 0.1) is 6.10 Å². The Morgan fingerprint density at radius 3 is 2.44 bits per heavy atom. The monoisotopic (exact) mass is 164 g/mol. The minimum absolute atomic E-state index is 0.497. The molecule has 1 rings (SSSR count). The maximum Gasteiger partial charge on any atom is 0.0703 e. The Kier molecular flexibility index (Phi) is 3.22. The van der Waals surface area contributed by atoms with Crippen molar-refractivity contribution < 1.29 is 4.74 Å². The van der Waals surface area contributed by atoms with Crippen LogP contribution in [0.2, 0.25) is 0 Å². The van der Waals surface area contributed by atoms with Gasteiger partial charge in [0.1, 0.15) is 0 Å². The molecule has 1 heterocycles. The summed E-state index contributed by atoms with van der Waals surface area (Å²) in [4.78, 5) is 0. The minimum atomic E-state index is 0.497. The van der Waals surface area contributed by atoms with Gasteiger partial charge in [-0.25, -0.2) is 0 Å². The van der Waals surface area contributed by atoms with E-state index in [0.717, 1.165) is 11.7 Å². The van der Waals surface area contributed by atoms with Crippen molar-refractivity contribution in [3.05, 3.63) is 0 Å². The zero-order chi connectivity index (χ0) is 6.69. The van der Waals surface area contributed by atoms with Gasteiger partial charge in [-0.3, -0.25) is 0 Å². The van der Waals surface area contributed by atoms with Crippen molar-refractivity contribution in [2.45, 2.75) is 13.0 Å². The summed E-state index contributed by atoms with van der Waals surface area (Å²) in [6.45, 7) is 2.25. The van der Waals surface area contributed by atoms with E-state index in [4.69, 9.17) is 4.74 Å². The van der Waals surface area contributed by atoms with Crippen molar-refractivity contribution in [1.82, 2.24) is 0 Å². The summed E-state index contributed by atoms with van der Waals surface area (Å²) in [5, 5.41) is 0. The Bertz CT molecular complexity index is 87.1. The van der Waals surface area contributed by atoms with Crippen LogP contribution < -0.4 is 0 Å². The van der Waals surface area contributed by atoms with Crippen LogP contribution in [0.5, 0.6) is 0 Å². The average molecular weight is 164 g/mol. The zero-order valence-corrected chi connectivity index (χ0v) is 7.43. The van der Waals surface area contributed by atoms with Crippen LogP contribution in [-0.2, 0) is 4.74 Å². The summed E-state index contributed by atoms with van der Waals surface area (Å²) in [5.41, 5.74) is 0. The van der Waals surface area contributed by atoms with Crippen LogP contribution in [0.1, 0.15) is 6.92 Å². The number of methoxy groups -OCH3 is 1. The molecule has 0 aliphatic carbocycles. The predicted octanol–water partition coefficient (Wildman–Crippen LogP) is 2.03. The second kappa shape index (κ2) is 3.74. The molecule has 0 aromatic rings. The van der Waals surface area contributed by atoms with Crippen molar-refractivity contribution in [1.29, 1.82) is 0 Å². The lowest BCUT2D eigenvalue weighted by Gasteiger charge is -2.25. The molecule has 1 saturated heterocycles. The lowest BCUT2D eigenvalue weighted by molar-refractivity contribution is 0.0854. The van der Waals surface area contributed by atoms with E-state index in [0.29, 0.717) is 6.10 Å². The average Bonchev–Trinajstić information content (AvgIpc) is 1.89. The van der Waals surface area contributed by atoms with Crippen LogP contribution in [0, 0.1) is 5.92 Å². The third-order valence-corrected chi connectivity index (χ3v) is 4.19. The van der Waals surface area contributed by atoms with Gasteiger partial charge < -0.3 is 4.74 Å². The molecule has 3 heteroatoms. The van der Waals surface area contributed by atoms with Gasteiger partial charge in [0.25, 0.3) is 0 Å². The number of hydrogen-bond donors (Lipinski definition) is 0. The topological polar surface area (TPSA) is 9.23 Å². The molecule has 9 heavy (non-hydrogen) atoms. The van der Waals surface area contributed by atoms with Crippen LogP contribution in [0.4, 0.5) is 0 Å². The lowest BCUT2D eigenvalue weighted by Crippen LogP contribution is -2.27. The van der Waals surface area contributed by atoms with E-state index in [-0.39, 0.29) is 0 Å². The highest BCUT2D eigenvalue weighted by Crippen LogP contribution is 2.33. The highest BCUT2D eigenvalue weighted by atomic mass is 33.1. The summed E-state index contributed by atoms with van der Waals surface area (Å²) in [6, 6.07) is 0. The Hall–Kier alpha value is 0.660. The second-order valence-corrected chi connectivity index (χ2v) is 4.87. The fourth-order valence-electron chi connectivity index (χ4n) is 0.843. The van der Waals surface area contributed by atoms with E-state index in [1.807, 2.05) is 21.6 Å². The molecule has 0 bridgehead atoms. The second-order valence-electron chi connectivity index (χ2n) is 2.32. The highest BCUT2D eigenvalue weighted by Gasteiger charge is 2.21. The minimum Gasteiger partial charge on any atom is -0.380 e. The van der Waals surface area contributed by atoms with Crippen LogP contribution in [0.15, 0.2) is 0 Å². The Labute approximate surface area is 64.3 Å². The summed E-state index contributed by atoms with van der Waals surface area (Å²) in [5.74, 6) is 3.13. The van der Waals surface area contributed by atoms with Crippen molar-refractivity contribution in [2.75, 3.05) is 18.6 Å². The van der Waals surface area contributed by atoms with Crippen molar-refractivity contribution in [3.63, 3.8) is 0 Å². The summed E-state index contributed by atoms with van der Waals surface area (Å²) in [7, 11) is 5.69. The van der Waals surface area contributed by atoms with Crippen molar-refractivity contribution in [2.24, 2.45) is 5.92 Å². The first kappa shape index (κ1) is 7.76. The number of hydrogen-bond acceptors (Lipinski definition) is 3. The van der Waals surface area contributed by atoms with Gasteiger partial charge in [-0.2, -0.15) is 0 Å². The van der Waals surface area contributed by atoms with E-state index in [9.17, 15) is 0 Å². The predicted molar refractivity (Wildman–Crippen MR) is 44.9 cm³/mol. The lowest BCUT2D eigenvalue weighted by atomic mass is 10.1. The van der Waals surface area contributed by atoms with Crippen LogP contribution in [0.25, 0.3) is 0 Å². The fourth-order valence-corrected chi connectivity index (χ4v) is 3.69. The highest BCUT2D eigenvalue weighted by molar-refractivity contribution is 8.76. The number of ether oxygens (including phenoxy) is 1. The van der Waals surface area contributed by atoms with Gasteiger partial charge >= 0.3 is 0 Å². The molecule has 2 atom stereocenters. The molecule has 1 nitrogen and oxygen atoms in total. The first-order chi connectivity index (χ1) is 4.34. The van der Waals surface area contributed by atoms with E-state index >= 15 is 0 Å². The third-order valence-electron chi connectivity index (χ3n) is 1.58. The Balaban J connectivity index is 2.30. The SMILES string of the molecule is COC1CSSCC1C. The first-order valence-corrected chi connectivity index (χ1v) is 5.60. The molecule has 0 N–H and O–H groups in total. The van der Waals surface area contributed by atoms with E-state index in [2.05, 4.69) is 6.92 Å². The van der Waals surface area contributed by atoms with Crippen LogP contribution in [-0.4, -0.2) is 24.7 Å². The molecule has 0 amide bonds. The standard InChI is InChI=1S/C6H12OS2/c1-5-3-8-9-4-6(5)7-2/h5-6H,3-4H2,1-2H3. The first-order valence-electron chi connectivity index (χ1n) is 3.12. The van der Waals surface area contributed by atoms with Crippen LogP contribution in [0.3, 0.4) is 0 Å². The van der Waals surface area contributed by atoms with Crippen molar-refractivity contribution >= 4 is 21.6 Å². The molecule has 0 aromatic heterocycles. The molecular weight excluding hydrogens is 152 g/mol. The molecule has 0 radical (unpaired) electrons. The molecule has 1 aliphatic heterocycles. The van der Waals surface area contributed by atoms with Crippen molar-refractivity contribution in [3.8, 4) is 0 Å². The van der Waals surface area contributed by atoms with Gasteiger partial charge in [-0.1, -0.05) is 28.5 Å². The molecule has 1 aliphatic rings. The third kappa shape index (κ3) is 2.06. The summed E-state index contributed by atoms with van der Waals surface area (Å²) in [6.07, 6.45) is 0.497. The smallest absolute Gasteiger partial charge is 0.0703 e. The Morgan fingerprint density at radius 1 is 1.33 bits per heavy atom. The van der Waals surface area contributed by atoms with Gasteiger partial charge in [0, 0.05) is 18.6 Å². The normalized spacial score (nSPS) is 36.7. The summed E-state index contributed by atoms with van der Waals surface area (Å²) >= 11 is 0. The molecule has 0 aromatic carbocycles. The quantitative estimate of drug-likeness (QED) is 0.549. The van der Waals surface area contributed by atoms with Gasteiger partial charge in [0.2, 0.25) is 0 Å². The fraction of sp³-hybridized carbons (Fsp3) is 1.00. The molecule has 0 saturated carbocycles. The van der Waals surface area contributed by atoms with Gasteiger partial charge in [-0.05, 0) is 5.92 Å². The molecule has 2 unspecified atom stereocenters. The number of rotatable bonds is 1. The maximum atomic E-state index is 5.27. The van der Waals surface area contributed by atoms with E-state index in [1.54, 1.807) is 7.11 Å². The maximum absolute atomic E-state index is 5.27. The molecule has 1 fully saturated rings. The zero-order valence-electron chi connectivity index (χ0n) is 5.79. The van der Waals surface area contributed by atoms with Gasteiger partial charge in [0.15, 0.2) is 0 Å². The van der Waals surface area contributed by atoms with Gasteiger partial charge in [-0.15, -0.1) is 0 Å². The van der Waals surface area contributed by atoms with Crippen LogP contribution >= 0.6 is 21.6 Å². The molecule has 0 spiro atoms. The molecular formula is C6H12OS2. The summed E-state index contributed by atoms with van der Waals surface area (Å²) < 4.78 is 5.27. The Morgan fingerprint density at radius 2 is 2.00 bits per heavy atom. The van der Waals surface area contributed by atoms with E-state index in [1.165, 1.54) is 5.75 Å². The molecule has 54 valence electrons.